The van der Waals surface area contributed by atoms with Gasteiger partial charge in [0, 0.05) is 17.9 Å². The van der Waals surface area contributed by atoms with Gasteiger partial charge < -0.3 is 20.1 Å². The van der Waals surface area contributed by atoms with Crippen LogP contribution < -0.4 is 15.5 Å². The minimum atomic E-state index is -0.864. The van der Waals surface area contributed by atoms with E-state index in [2.05, 4.69) is 25.6 Å². The Balaban J connectivity index is 1.44. The van der Waals surface area contributed by atoms with Crippen molar-refractivity contribution < 1.29 is 4.39 Å². The Morgan fingerprint density at radius 3 is 2.50 bits per heavy atom. The zero-order chi connectivity index (χ0) is 19.5. The molecular formula is C19H19FN8. The van der Waals surface area contributed by atoms with Crippen LogP contribution in [0.25, 0.3) is 5.69 Å². The number of nitriles is 1. The van der Waals surface area contributed by atoms with Crippen molar-refractivity contribution in [2.24, 2.45) is 0 Å². The second-order valence-electron chi connectivity index (χ2n) is 6.52. The Labute approximate surface area is 161 Å². The van der Waals surface area contributed by atoms with Gasteiger partial charge in [-0.2, -0.15) is 5.26 Å². The third-order valence-corrected chi connectivity index (χ3v) is 4.74. The smallest absolute Gasteiger partial charge is 0.158 e. The molecule has 0 spiro atoms. The maximum Gasteiger partial charge on any atom is 0.158 e. The van der Waals surface area contributed by atoms with Gasteiger partial charge in [0.25, 0.3) is 0 Å². The molecule has 0 saturated carbocycles. The first-order chi connectivity index (χ1) is 13.7. The SMILES string of the molecule is CNC1CN(c2ccc(-n3cnc(Nc4cnc(C#N)cn4)c3)cc2)CC1F. The van der Waals surface area contributed by atoms with Crippen molar-refractivity contribution in [2.45, 2.75) is 12.2 Å². The minimum absolute atomic E-state index is 0.132. The molecule has 1 fully saturated rings. The number of likely N-dealkylation sites (N-methyl/N-ethyl adjacent to an activating group) is 1. The second-order valence-corrected chi connectivity index (χ2v) is 6.52. The molecule has 2 atom stereocenters. The largest absolute Gasteiger partial charge is 0.367 e. The predicted molar refractivity (Wildman–Crippen MR) is 104 cm³/mol. The van der Waals surface area contributed by atoms with Crippen LogP contribution >= 0.6 is 0 Å². The standard InChI is InChI=1S/C19H19FN8/c1-22-17-10-27(9-16(17)20)14-2-4-15(5-3-14)28-11-19(25-12-28)26-18-8-23-13(6-21)7-24-18/h2-5,7-8,11-12,16-17,22H,9-10H2,1H3,(H,24,26). The average molecular weight is 378 g/mol. The maximum absolute atomic E-state index is 13.9. The molecule has 3 aromatic rings. The van der Waals surface area contributed by atoms with E-state index in [0.29, 0.717) is 24.7 Å². The number of anilines is 3. The van der Waals surface area contributed by atoms with Gasteiger partial charge in [0.1, 0.15) is 30.2 Å². The molecule has 0 radical (unpaired) electrons. The molecule has 3 heterocycles. The second kappa shape index (κ2) is 7.62. The minimum Gasteiger partial charge on any atom is -0.367 e. The number of nitrogens with zero attached hydrogens (tertiary/aromatic N) is 6. The first-order valence-corrected chi connectivity index (χ1v) is 8.86. The van der Waals surface area contributed by atoms with Gasteiger partial charge in [0.2, 0.25) is 0 Å². The Bertz CT molecular complexity index is 976. The number of halogens is 1. The van der Waals surface area contributed by atoms with Crippen LogP contribution in [-0.4, -0.2) is 51.9 Å². The van der Waals surface area contributed by atoms with E-state index in [9.17, 15) is 4.39 Å². The molecule has 2 aromatic heterocycles. The number of alkyl halides is 1. The third-order valence-electron chi connectivity index (χ3n) is 4.74. The average Bonchev–Trinajstić information content (AvgIpc) is 3.35. The number of imidazole rings is 1. The summed E-state index contributed by atoms with van der Waals surface area (Å²) in [6.07, 6.45) is 5.55. The quantitative estimate of drug-likeness (QED) is 0.701. The van der Waals surface area contributed by atoms with Crippen LogP contribution in [0.4, 0.5) is 21.7 Å². The number of aromatic nitrogens is 4. The van der Waals surface area contributed by atoms with Gasteiger partial charge in [-0.25, -0.2) is 19.3 Å². The topological polar surface area (TPSA) is 94.7 Å². The van der Waals surface area contributed by atoms with Crippen LogP contribution in [0.5, 0.6) is 0 Å². The number of nitrogens with one attached hydrogen (secondary N) is 2. The number of hydrogen-bond acceptors (Lipinski definition) is 7. The lowest BCUT2D eigenvalue weighted by atomic mass is 10.2. The molecule has 28 heavy (non-hydrogen) atoms. The lowest BCUT2D eigenvalue weighted by molar-refractivity contribution is 0.310. The summed E-state index contributed by atoms with van der Waals surface area (Å²) in [7, 11) is 1.79. The highest BCUT2D eigenvalue weighted by Crippen LogP contribution is 2.24. The van der Waals surface area contributed by atoms with Gasteiger partial charge in [-0.15, -0.1) is 0 Å². The van der Waals surface area contributed by atoms with Crippen molar-refractivity contribution in [1.82, 2.24) is 24.8 Å². The van der Waals surface area contributed by atoms with Gasteiger partial charge in [-0.1, -0.05) is 0 Å². The zero-order valence-electron chi connectivity index (χ0n) is 15.2. The lowest BCUT2D eigenvalue weighted by Crippen LogP contribution is -2.34. The summed E-state index contributed by atoms with van der Waals surface area (Å²) >= 11 is 0. The maximum atomic E-state index is 13.9. The van der Waals surface area contributed by atoms with Crippen molar-refractivity contribution in [3.05, 3.63) is 54.9 Å². The molecule has 0 bridgehead atoms. The van der Waals surface area contributed by atoms with E-state index in [1.807, 2.05) is 46.0 Å². The van der Waals surface area contributed by atoms with Crippen molar-refractivity contribution in [3.63, 3.8) is 0 Å². The van der Waals surface area contributed by atoms with E-state index in [1.54, 1.807) is 13.4 Å². The number of hydrogen-bond donors (Lipinski definition) is 2. The van der Waals surface area contributed by atoms with E-state index >= 15 is 0 Å². The monoisotopic (exact) mass is 378 g/mol. The van der Waals surface area contributed by atoms with E-state index < -0.39 is 6.17 Å². The molecule has 4 rings (SSSR count). The molecule has 1 aliphatic heterocycles. The fraction of sp³-hybridized carbons (Fsp3) is 0.263. The highest BCUT2D eigenvalue weighted by molar-refractivity contribution is 5.54. The summed E-state index contributed by atoms with van der Waals surface area (Å²) < 4.78 is 15.8. The van der Waals surface area contributed by atoms with Gasteiger partial charge >= 0.3 is 0 Å². The Morgan fingerprint density at radius 1 is 1.07 bits per heavy atom. The van der Waals surface area contributed by atoms with Crippen LogP contribution in [-0.2, 0) is 0 Å². The number of rotatable bonds is 5. The van der Waals surface area contributed by atoms with Crippen LogP contribution in [0, 0.1) is 11.3 Å². The first-order valence-electron chi connectivity index (χ1n) is 8.86. The molecule has 9 heteroatoms. The summed E-state index contributed by atoms with van der Waals surface area (Å²) in [6, 6.07) is 9.72. The highest BCUT2D eigenvalue weighted by atomic mass is 19.1. The molecule has 1 aromatic carbocycles. The molecule has 142 valence electrons. The van der Waals surface area contributed by atoms with Crippen molar-refractivity contribution in [1.29, 1.82) is 5.26 Å². The Kier molecular flexibility index (Phi) is 4.87. The predicted octanol–water partition coefficient (Wildman–Crippen LogP) is 2.02. The van der Waals surface area contributed by atoms with Crippen LogP contribution in [0.1, 0.15) is 5.69 Å². The molecule has 0 aliphatic carbocycles. The fourth-order valence-corrected chi connectivity index (χ4v) is 3.19. The summed E-state index contributed by atoms with van der Waals surface area (Å²) in [5.41, 5.74) is 2.20. The molecule has 0 amide bonds. The molecule has 1 aliphatic rings. The Morgan fingerprint density at radius 2 is 1.86 bits per heavy atom. The molecular weight excluding hydrogens is 359 g/mol. The van der Waals surface area contributed by atoms with Crippen molar-refractivity contribution in [2.75, 3.05) is 30.4 Å². The van der Waals surface area contributed by atoms with Crippen LogP contribution in [0.3, 0.4) is 0 Å². The third kappa shape index (κ3) is 3.63. The highest BCUT2D eigenvalue weighted by Gasteiger charge is 2.31. The van der Waals surface area contributed by atoms with Crippen LogP contribution in [0.2, 0.25) is 0 Å². The summed E-state index contributed by atoms with van der Waals surface area (Å²) in [5, 5.41) is 14.8. The van der Waals surface area contributed by atoms with E-state index in [1.165, 1.54) is 12.4 Å². The van der Waals surface area contributed by atoms with E-state index in [0.717, 1.165) is 11.4 Å². The summed E-state index contributed by atoms with van der Waals surface area (Å²) in [5.74, 6) is 1.12. The van der Waals surface area contributed by atoms with Gasteiger partial charge in [-0.05, 0) is 31.3 Å². The van der Waals surface area contributed by atoms with E-state index in [-0.39, 0.29) is 11.7 Å². The van der Waals surface area contributed by atoms with Crippen LogP contribution in [0.15, 0.2) is 49.2 Å². The molecule has 1 saturated heterocycles. The van der Waals surface area contributed by atoms with Gasteiger partial charge in [0.05, 0.1) is 31.2 Å². The Hall–Kier alpha value is -3.51. The first kappa shape index (κ1) is 17.9. The number of benzene rings is 1. The van der Waals surface area contributed by atoms with Crippen molar-refractivity contribution in [3.8, 4) is 11.8 Å². The van der Waals surface area contributed by atoms with Crippen molar-refractivity contribution >= 4 is 17.3 Å². The zero-order valence-corrected chi connectivity index (χ0v) is 15.2. The molecule has 8 nitrogen and oxygen atoms in total. The molecule has 2 unspecified atom stereocenters. The van der Waals surface area contributed by atoms with Gasteiger partial charge in [0.15, 0.2) is 5.69 Å². The summed E-state index contributed by atoms with van der Waals surface area (Å²) in [6.45, 7) is 1.05. The van der Waals surface area contributed by atoms with E-state index in [4.69, 9.17) is 5.26 Å². The molecule has 2 N–H and O–H groups in total. The van der Waals surface area contributed by atoms with Gasteiger partial charge in [-0.3, -0.25) is 0 Å². The normalized spacial score (nSPS) is 18.8. The summed E-state index contributed by atoms with van der Waals surface area (Å²) in [4.78, 5) is 14.4. The lowest BCUT2D eigenvalue weighted by Gasteiger charge is -2.18. The fourth-order valence-electron chi connectivity index (χ4n) is 3.19.